The molecule has 0 unspecified atom stereocenters. The molecule has 0 aliphatic rings. The topological polar surface area (TPSA) is 54.4 Å². The second-order valence-electron chi connectivity index (χ2n) is 7.19. The third-order valence-electron chi connectivity index (χ3n) is 5.03. The van der Waals surface area contributed by atoms with Gasteiger partial charge in [-0.25, -0.2) is 0 Å². The summed E-state index contributed by atoms with van der Waals surface area (Å²) in [4.78, 5) is 0.0737. The van der Waals surface area contributed by atoms with E-state index in [2.05, 4.69) is 32.0 Å². The summed E-state index contributed by atoms with van der Waals surface area (Å²) in [6.45, 7) is 4.37. The summed E-state index contributed by atoms with van der Waals surface area (Å²) >= 11 is 0. The number of rotatable bonds is 11. The van der Waals surface area contributed by atoms with Crippen molar-refractivity contribution in [2.75, 3.05) is 0 Å². The molecule has 0 fully saturated rings. The third-order valence-corrected chi connectivity index (χ3v) is 5.97. The van der Waals surface area contributed by atoms with Gasteiger partial charge in [0.15, 0.2) is 0 Å². The van der Waals surface area contributed by atoms with E-state index in [9.17, 15) is 13.0 Å². The summed E-state index contributed by atoms with van der Waals surface area (Å²) in [7, 11) is -4.20. The van der Waals surface area contributed by atoms with E-state index in [4.69, 9.17) is 0 Å². The summed E-state index contributed by atoms with van der Waals surface area (Å²) in [5.74, 6) is 0. The second kappa shape index (κ2) is 10.1. The van der Waals surface area contributed by atoms with E-state index in [-0.39, 0.29) is 4.90 Å². The van der Waals surface area contributed by atoms with Crippen molar-refractivity contribution in [1.82, 2.24) is 0 Å². The van der Waals surface area contributed by atoms with Crippen LogP contribution in [0, 0.1) is 0 Å². The van der Waals surface area contributed by atoms with Crippen molar-refractivity contribution in [2.45, 2.75) is 83.0 Å². The van der Waals surface area contributed by atoms with Gasteiger partial charge in [-0.15, -0.1) is 0 Å². The van der Waals surface area contributed by atoms with E-state index in [0.29, 0.717) is 6.42 Å². The van der Waals surface area contributed by atoms with Crippen LogP contribution >= 0.6 is 0 Å². The summed E-state index contributed by atoms with van der Waals surface area (Å²) in [5, 5.41) is 2.02. The molecule has 2 aromatic carbocycles. The highest BCUT2D eigenvalue weighted by Crippen LogP contribution is 2.29. The molecule has 0 spiro atoms. The Bertz CT molecular complexity index is 809. The molecule has 3 nitrogen and oxygen atoms in total. The Kier molecular flexibility index (Phi) is 8.11. The van der Waals surface area contributed by atoms with Gasteiger partial charge in [-0.3, -0.25) is 4.55 Å². The zero-order valence-electron chi connectivity index (χ0n) is 16.1. The van der Waals surface area contributed by atoms with Crippen molar-refractivity contribution in [3.8, 4) is 0 Å². The molecule has 2 aromatic rings. The lowest BCUT2D eigenvalue weighted by atomic mass is 9.96. The highest BCUT2D eigenvalue weighted by atomic mass is 32.2. The summed E-state index contributed by atoms with van der Waals surface area (Å²) < 4.78 is 33.4. The van der Waals surface area contributed by atoms with Crippen LogP contribution in [0.25, 0.3) is 10.8 Å². The normalized spacial score (nSPS) is 12.0. The number of fused-ring (bicyclic) bond motifs is 1. The molecule has 2 rings (SSSR count). The molecular formula is C22H32O3S. The Hall–Kier alpha value is -1.39. The Morgan fingerprint density at radius 2 is 1.42 bits per heavy atom. The maximum absolute atomic E-state index is 11.9. The van der Waals surface area contributed by atoms with Crippen LogP contribution in [0.4, 0.5) is 0 Å². The molecular weight excluding hydrogens is 344 g/mol. The van der Waals surface area contributed by atoms with Gasteiger partial charge in [0.25, 0.3) is 10.1 Å². The highest BCUT2D eigenvalue weighted by Gasteiger charge is 2.18. The van der Waals surface area contributed by atoms with Gasteiger partial charge < -0.3 is 0 Å². The lowest BCUT2D eigenvalue weighted by molar-refractivity contribution is 0.482. The van der Waals surface area contributed by atoms with Crippen molar-refractivity contribution in [1.29, 1.82) is 0 Å². The van der Waals surface area contributed by atoms with Crippen molar-refractivity contribution < 1.29 is 13.0 Å². The quantitative estimate of drug-likeness (QED) is 0.368. The average molecular weight is 377 g/mol. The molecule has 0 radical (unpaired) electrons. The van der Waals surface area contributed by atoms with Crippen LogP contribution < -0.4 is 0 Å². The smallest absolute Gasteiger partial charge is 0.282 e. The number of aryl methyl sites for hydroxylation is 2. The maximum atomic E-state index is 11.9. The second-order valence-corrected chi connectivity index (χ2v) is 8.58. The van der Waals surface area contributed by atoms with Gasteiger partial charge in [-0.2, -0.15) is 8.42 Å². The number of hydrogen-bond donors (Lipinski definition) is 1. The summed E-state index contributed by atoms with van der Waals surface area (Å²) in [6, 6.07) is 9.70. The number of unbranched alkanes of at least 4 members (excludes halogenated alkanes) is 6. The predicted molar refractivity (Wildman–Crippen MR) is 109 cm³/mol. The fraction of sp³-hybridized carbons (Fsp3) is 0.545. The van der Waals surface area contributed by atoms with Crippen molar-refractivity contribution >= 4 is 20.9 Å². The van der Waals surface area contributed by atoms with Crippen molar-refractivity contribution in [3.05, 3.63) is 41.5 Å². The molecule has 0 amide bonds. The zero-order chi connectivity index (χ0) is 19.0. The molecule has 0 saturated carbocycles. The largest absolute Gasteiger partial charge is 0.294 e. The van der Waals surface area contributed by atoms with Crippen LogP contribution in [0.3, 0.4) is 0 Å². The average Bonchev–Trinajstić information content (AvgIpc) is 2.61. The van der Waals surface area contributed by atoms with Gasteiger partial charge in [-0.05, 0) is 53.6 Å². The van der Waals surface area contributed by atoms with E-state index in [1.54, 1.807) is 12.1 Å². The summed E-state index contributed by atoms with van der Waals surface area (Å²) in [5.41, 5.74) is 2.02. The van der Waals surface area contributed by atoms with E-state index < -0.39 is 10.1 Å². The summed E-state index contributed by atoms with van der Waals surface area (Å²) in [6.07, 6.45) is 10.9. The lowest BCUT2D eigenvalue weighted by Gasteiger charge is -2.13. The molecule has 0 heterocycles. The maximum Gasteiger partial charge on any atom is 0.294 e. The molecule has 4 heteroatoms. The Morgan fingerprint density at radius 3 is 2.04 bits per heavy atom. The van der Waals surface area contributed by atoms with Gasteiger partial charge in [0.2, 0.25) is 0 Å². The first kappa shape index (κ1) is 20.9. The van der Waals surface area contributed by atoms with Gasteiger partial charge in [0.1, 0.15) is 0 Å². The van der Waals surface area contributed by atoms with Crippen molar-refractivity contribution in [3.63, 3.8) is 0 Å². The SMILES string of the molecule is CCCCCCc1ccc2ccc(S(=O)(=O)O)c(CCCCCC)c2c1. The molecule has 1 N–H and O–H groups in total. The molecule has 144 valence electrons. The predicted octanol–water partition coefficient (Wildman–Crippen LogP) is 6.33. The van der Waals surface area contributed by atoms with Gasteiger partial charge in [-0.1, -0.05) is 76.6 Å². The number of hydrogen-bond acceptors (Lipinski definition) is 2. The van der Waals surface area contributed by atoms with E-state index in [1.165, 1.54) is 24.8 Å². The minimum atomic E-state index is -4.20. The molecule has 0 aliphatic carbocycles. The zero-order valence-corrected chi connectivity index (χ0v) is 16.9. The standard InChI is InChI=1S/C22H32O3S/c1-3-5-7-9-11-18-13-14-19-15-16-22(26(23,24)25)20(21(19)17-18)12-10-8-6-4-2/h13-17H,3-12H2,1-2H3,(H,23,24,25). The fourth-order valence-corrected chi connectivity index (χ4v) is 4.31. The molecule has 0 aromatic heterocycles. The number of benzene rings is 2. The van der Waals surface area contributed by atoms with Crippen molar-refractivity contribution in [2.24, 2.45) is 0 Å². The Morgan fingerprint density at radius 1 is 0.808 bits per heavy atom. The van der Waals surface area contributed by atoms with E-state index in [0.717, 1.165) is 54.9 Å². The molecule has 26 heavy (non-hydrogen) atoms. The molecule has 0 atom stereocenters. The molecule has 0 aliphatic heterocycles. The minimum absolute atomic E-state index is 0.0737. The van der Waals surface area contributed by atoms with E-state index >= 15 is 0 Å². The van der Waals surface area contributed by atoms with Gasteiger partial charge >= 0.3 is 0 Å². The lowest BCUT2D eigenvalue weighted by Crippen LogP contribution is -2.04. The Balaban J connectivity index is 2.35. The molecule has 0 saturated heterocycles. The highest BCUT2D eigenvalue weighted by molar-refractivity contribution is 7.85. The van der Waals surface area contributed by atoms with Crippen LogP contribution in [0.1, 0.15) is 76.3 Å². The first-order chi connectivity index (χ1) is 12.5. The first-order valence-electron chi connectivity index (χ1n) is 9.99. The van der Waals surface area contributed by atoms with Gasteiger partial charge in [0.05, 0.1) is 4.90 Å². The molecule has 0 bridgehead atoms. The minimum Gasteiger partial charge on any atom is -0.282 e. The monoisotopic (exact) mass is 376 g/mol. The van der Waals surface area contributed by atoms with Crippen LogP contribution in [-0.2, 0) is 23.0 Å². The third kappa shape index (κ3) is 5.82. The van der Waals surface area contributed by atoms with Gasteiger partial charge in [0, 0.05) is 0 Å². The Labute approximate surface area is 158 Å². The first-order valence-corrected chi connectivity index (χ1v) is 11.4. The van der Waals surface area contributed by atoms with Crippen LogP contribution in [-0.4, -0.2) is 13.0 Å². The van der Waals surface area contributed by atoms with Crippen LogP contribution in [0.15, 0.2) is 35.2 Å². The fourth-order valence-electron chi connectivity index (χ4n) is 3.55. The van der Waals surface area contributed by atoms with E-state index in [1.807, 2.05) is 0 Å². The van der Waals surface area contributed by atoms with Crippen LogP contribution in [0.2, 0.25) is 0 Å². The van der Waals surface area contributed by atoms with Crippen LogP contribution in [0.5, 0.6) is 0 Å².